The predicted molar refractivity (Wildman–Crippen MR) is 177 cm³/mol. The smallest absolute Gasteiger partial charge is 0.416 e. The highest BCUT2D eigenvalue weighted by molar-refractivity contribution is 6.01. The van der Waals surface area contributed by atoms with E-state index in [4.69, 9.17) is 8.83 Å². The minimum absolute atomic E-state index is 0.0231. The van der Waals surface area contributed by atoms with E-state index >= 15 is 0 Å². The molecule has 6 rings (SSSR count). The molecule has 260 valence electrons. The number of oxazole rings is 2. The zero-order valence-corrected chi connectivity index (χ0v) is 27.2. The lowest BCUT2D eigenvalue weighted by Crippen LogP contribution is -2.48. The summed E-state index contributed by atoms with van der Waals surface area (Å²) >= 11 is 0. The van der Waals surface area contributed by atoms with E-state index in [1.54, 1.807) is 29.4 Å². The van der Waals surface area contributed by atoms with Gasteiger partial charge in [-0.05, 0) is 61.6 Å². The topological polar surface area (TPSA) is 134 Å². The Morgan fingerprint density at radius 2 is 1.80 bits per heavy atom. The van der Waals surface area contributed by atoms with Crippen molar-refractivity contribution in [1.82, 2.24) is 25.5 Å². The number of benzene rings is 3. The van der Waals surface area contributed by atoms with Crippen LogP contribution in [0.2, 0.25) is 0 Å². The van der Waals surface area contributed by atoms with Gasteiger partial charge in [0.2, 0.25) is 11.8 Å². The van der Waals surface area contributed by atoms with E-state index in [0.717, 1.165) is 24.1 Å². The summed E-state index contributed by atoms with van der Waals surface area (Å²) < 4.78 is 50.7. The van der Waals surface area contributed by atoms with Crippen LogP contribution >= 0.6 is 0 Å². The largest absolute Gasteiger partial charge is 0.446 e. The third-order valence-corrected chi connectivity index (χ3v) is 8.57. The molecule has 1 saturated heterocycles. The Morgan fingerprint density at radius 3 is 2.52 bits per heavy atom. The third-order valence-electron chi connectivity index (χ3n) is 8.57. The maximum atomic E-state index is 14.0. The van der Waals surface area contributed by atoms with Crippen LogP contribution in [0.25, 0.3) is 11.5 Å². The number of amides is 2. The van der Waals surface area contributed by atoms with Crippen LogP contribution in [0.4, 0.5) is 13.2 Å². The number of likely N-dealkylation sites (tertiary alicyclic amines) is 1. The van der Waals surface area contributed by atoms with Crippen LogP contribution in [0.15, 0.2) is 100 Å². The molecule has 0 spiro atoms. The normalized spacial score (nSPS) is 15.9. The Morgan fingerprint density at radius 1 is 1.02 bits per heavy atom. The molecule has 0 aliphatic carbocycles. The molecule has 5 aromatic rings. The van der Waals surface area contributed by atoms with Crippen LogP contribution in [-0.4, -0.2) is 57.0 Å². The van der Waals surface area contributed by atoms with E-state index in [-0.39, 0.29) is 48.5 Å². The van der Waals surface area contributed by atoms with Crippen molar-refractivity contribution in [2.24, 2.45) is 0 Å². The van der Waals surface area contributed by atoms with Gasteiger partial charge in [-0.3, -0.25) is 9.59 Å². The molecule has 2 aromatic heterocycles. The number of aliphatic hydroxyl groups is 1. The number of aromatic nitrogens is 2. The summed E-state index contributed by atoms with van der Waals surface area (Å²) in [5.74, 6) is -0.193. The Kier molecular flexibility index (Phi) is 10.4. The molecule has 3 atom stereocenters. The quantitative estimate of drug-likeness (QED) is 0.143. The van der Waals surface area contributed by atoms with Gasteiger partial charge >= 0.3 is 6.18 Å². The number of aliphatic hydroxyl groups excluding tert-OH is 1. The van der Waals surface area contributed by atoms with Crippen molar-refractivity contribution in [3.63, 3.8) is 0 Å². The van der Waals surface area contributed by atoms with Gasteiger partial charge < -0.3 is 29.5 Å². The number of nitrogens with one attached hydrogen (secondary N) is 2. The van der Waals surface area contributed by atoms with Gasteiger partial charge in [0.1, 0.15) is 18.6 Å². The van der Waals surface area contributed by atoms with Crippen molar-refractivity contribution >= 4 is 11.8 Å². The fraction of sp³-hybridized carbons (Fsp3) is 0.297. The summed E-state index contributed by atoms with van der Waals surface area (Å²) in [6.07, 6.45) is 0.494. The van der Waals surface area contributed by atoms with Crippen LogP contribution in [0, 0.1) is 6.92 Å². The lowest BCUT2D eigenvalue weighted by atomic mass is 9.99. The molecule has 0 unspecified atom stereocenters. The third kappa shape index (κ3) is 8.29. The zero-order chi connectivity index (χ0) is 35.3. The average molecular weight is 688 g/mol. The molecule has 1 aliphatic rings. The van der Waals surface area contributed by atoms with Gasteiger partial charge in [-0.2, -0.15) is 13.2 Å². The van der Waals surface area contributed by atoms with Crippen molar-refractivity contribution < 1.29 is 36.7 Å². The molecule has 3 heterocycles. The molecule has 10 nitrogen and oxygen atoms in total. The van der Waals surface area contributed by atoms with Crippen molar-refractivity contribution in [1.29, 1.82) is 0 Å². The maximum Gasteiger partial charge on any atom is 0.416 e. The minimum atomic E-state index is -4.47. The molecule has 1 aliphatic heterocycles. The molecule has 3 N–H and O–H groups in total. The van der Waals surface area contributed by atoms with Gasteiger partial charge in [0.25, 0.3) is 11.8 Å². The number of aryl methyl sites for hydroxylation is 1. The van der Waals surface area contributed by atoms with Gasteiger partial charge in [0.05, 0.1) is 29.6 Å². The van der Waals surface area contributed by atoms with E-state index < -0.39 is 29.8 Å². The first-order chi connectivity index (χ1) is 24.0. The number of hydrogen-bond acceptors (Lipinski definition) is 8. The fourth-order valence-electron chi connectivity index (χ4n) is 6.10. The summed E-state index contributed by atoms with van der Waals surface area (Å²) in [5, 5.41) is 17.2. The molecule has 13 heteroatoms. The highest BCUT2D eigenvalue weighted by atomic mass is 19.4. The molecular weight excluding hydrogens is 651 g/mol. The van der Waals surface area contributed by atoms with Gasteiger partial charge in [0, 0.05) is 36.3 Å². The van der Waals surface area contributed by atoms with Crippen LogP contribution in [0.3, 0.4) is 0 Å². The Bertz CT molecular complexity index is 1910. The number of halogens is 3. The second kappa shape index (κ2) is 15.1. The van der Waals surface area contributed by atoms with E-state index in [9.17, 15) is 27.9 Å². The minimum Gasteiger partial charge on any atom is -0.446 e. The van der Waals surface area contributed by atoms with Gasteiger partial charge in [0.15, 0.2) is 0 Å². The number of nitrogens with zero attached hydrogens (tertiary/aromatic N) is 3. The van der Waals surface area contributed by atoms with Gasteiger partial charge in [-0.15, -0.1) is 0 Å². The summed E-state index contributed by atoms with van der Waals surface area (Å²) in [6, 6.07) is 17.7. The lowest BCUT2D eigenvalue weighted by Gasteiger charge is -2.25. The second-order valence-corrected chi connectivity index (χ2v) is 12.3. The summed E-state index contributed by atoms with van der Waals surface area (Å²) in [5.41, 5.74) is 2.00. The monoisotopic (exact) mass is 687 g/mol. The first kappa shape index (κ1) is 34.6. The Labute approximate surface area is 286 Å². The first-order valence-electron chi connectivity index (χ1n) is 16.2. The zero-order valence-electron chi connectivity index (χ0n) is 27.2. The summed E-state index contributed by atoms with van der Waals surface area (Å²) in [4.78, 5) is 38.2. The summed E-state index contributed by atoms with van der Waals surface area (Å²) in [6.45, 7) is 2.34. The van der Waals surface area contributed by atoms with Crippen molar-refractivity contribution in [3.05, 3.63) is 131 Å². The Balaban J connectivity index is 1.23. The van der Waals surface area contributed by atoms with Gasteiger partial charge in [-0.25, -0.2) is 9.97 Å². The molecule has 0 radical (unpaired) electrons. The van der Waals surface area contributed by atoms with E-state index in [1.807, 2.05) is 37.3 Å². The summed E-state index contributed by atoms with van der Waals surface area (Å²) in [7, 11) is 0. The first-order valence-corrected chi connectivity index (χ1v) is 16.2. The molecule has 2 amide bonds. The predicted octanol–water partition coefficient (Wildman–Crippen LogP) is 6.13. The standard InChI is InChI=1S/C37H36F3N5O5/c1-23-22-50-35(43-23)31-11-6-13-45(31)36(48)28-18-26(17-27(19-28)34-42-12-14-49-34)33(47)44-30(16-24-7-3-2-4-8-24)32(46)21-41-20-25-9-5-10-29(15-25)37(38,39)40/h2-5,7-10,12,14-15,17-19,22,30-32,41,46H,6,11,13,16,20-21H2,1H3,(H,44,47)/t30-,31+,32-/m0/s1. The number of rotatable bonds is 12. The molecule has 3 aromatic carbocycles. The second-order valence-electron chi connectivity index (χ2n) is 12.3. The highest BCUT2D eigenvalue weighted by Gasteiger charge is 2.35. The fourth-order valence-corrected chi connectivity index (χ4v) is 6.10. The SMILES string of the molecule is Cc1coc([C@H]2CCCN2C(=O)c2cc(C(=O)N[C@@H](Cc3ccccc3)[C@@H](O)CNCc3cccc(C(F)(F)F)c3)cc(-c3ncco3)c2)n1. The number of carbonyl (C=O) groups is 2. The van der Waals surface area contributed by atoms with Crippen LogP contribution in [0.1, 0.15) is 67.9 Å². The van der Waals surface area contributed by atoms with E-state index in [2.05, 4.69) is 20.6 Å². The van der Waals surface area contributed by atoms with Crippen molar-refractivity contribution in [3.8, 4) is 11.5 Å². The average Bonchev–Trinajstić information content (AvgIpc) is 3.90. The number of alkyl halides is 3. The lowest BCUT2D eigenvalue weighted by molar-refractivity contribution is -0.137. The maximum absolute atomic E-state index is 14.0. The Hall–Kier alpha value is -5.27. The molecule has 0 saturated carbocycles. The highest BCUT2D eigenvalue weighted by Crippen LogP contribution is 2.34. The van der Waals surface area contributed by atoms with Gasteiger partial charge in [-0.1, -0.05) is 48.5 Å². The van der Waals surface area contributed by atoms with Crippen molar-refractivity contribution in [2.75, 3.05) is 13.1 Å². The van der Waals surface area contributed by atoms with Crippen LogP contribution < -0.4 is 10.6 Å². The molecular formula is C37H36F3N5O5. The molecule has 1 fully saturated rings. The number of hydrogen-bond donors (Lipinski definition) is 3. The van der Waals surface area contributed by atoms with Crippen LogP contribution in [-0.2, 0) is 19.1 Å². The van der Waals surface area contributed by atoms with E-state index in [1.165, 1.54) is 24.6 Å². The van der Waals surface area contributed by atoms with Crippen molar-refractivity contribution in [2.45, 2.75) is 57.1 Å². The molecule has 0 bridgehead atoms. The van der Waals surface area contributed by atoms with E-state index in [0.29, 0.717) is 35.7 Å². The van der Waals surface area contributed by atoms with Crippen LogP contribution in [0.5, 0.6) is 0 Å². The number of carbonyl (C=O) groups excluding carboxylic acids is 2. The molecule has 50 heavy (non-hydrogen) atoms.